The van der Waals surface area contributed by atoms with Gasteiger partial charge in [0.2, 0.25) is 0 Å². The number of halogens is 6. The lowest BCUT2D eigenvalue weighted by Crippen LogP contribution is -2.09. The fraction of sp³-hybridized carbons (Fsp3) is 0.0714. The van der Waals surface area contributed by atoms with Gasteiger partial charge in [-0.3, -0.25) is 14.8 Å². The van der Waals surface area contributed by atoms with Crippen molar-refractivity contribution in [1.82, 2.24) is 15.0 Å². The van der Waals surface area contributed by atoms with Crippen LogP contribution in [0.2, 0.25) is 10.0 Å². The number of ether oxygens (including phenoxy) is 1. The maximum absolute atomic E-state index is 14.8. The van der Waals surface area contributed by atoms with E-state index in [1.165, 1.54) is 24.3 Å². The van der Waals surface area contributed by atoms with E-state index in [-0.39, 0.29) is 28.5 Å². The van der Waals surface area contributed by atoms with Crippen molar-refractivity contribution < 1.29 is 27.1 Å². The van der Waals surface area contributed by atoms with Gasteiger partial charge in [-0.15, -0.1) is 0 Å². The van der Waals surface area contributed by atoms with E-state index in [2.05, 4.69) is 15.0 Å². The third-order valence-electron chi connectivity index (χ3n) is 5.77. The summed E-state index contributed by atoms with van der Waals surface area (Å²) in [5.74, 6) is -1.70. The van der Waals surface area contributed by atoms with Crippen molar-refractivity contribution in [3.8, 4) is 17.0 Å². The Morgan fingerprint density at radius 2 is 1.77 bits per heavy atom. The molecule has 5 rings (SSSR count). The van der Waals surface area contributed by atoms with Crippen molar-refractivity contribution in [3.05, 3.63) is 117 Å². The SMILES string of the molecule is O=C(c1ccc2ncc(-c3cccnc3)nc2c1)c1c(F)ccc(OCc2ccc(Cl)c(C(F)(F)F)c2)c1Cl. The summed E-state index contributed by atoms with van der Waals surface area (Å²) in [7, 11) is 0. The summed E-state index contributed by atoms with van der Waals surface area (Å²) < 4.78 is 59.9. The highest BCUT2D eigenvalue weighted by atomic mass is 35.5. The molecule has 0 saturated heterocycles. The molecule has 196 valence electrons. The molecule has 3 aromatic carbocycles. The van der Waals surface area contributed by atoms with Crippen LogP contribution in [0.25, 0.3) is 22.3 Å². The topological polar surface area (TPSA) is 65.0 Å². The third kappa shape index (κ3) is 5.55. The van der Waals surface area contributed by atoms with Crippen LogP contribution in [0.1, 0.15) is 27.0 Å². The van der Waals surface area contributed by atoms with E-state index < -0.39 is 33.9 Å². The fourth-order valence-electron chi connectivity index (χ4n) is 3.84. The minimum atomic E-state index is -4.65. The fourth-order valence-corrected chi connectivity index (χ4v) is 4.36. The van der Waals surface area contributed by atoms with Gasteiger partial charge in [-0.2, -0.15) is 13.2 Å². The molecule has 0 atom stereocenters. The standard InChI is InChI=1S/C28H15Cl2F4N3O2/c29-19-5-3-15(10-18(19)28(32,33)34)14-39-24-8-6-20(31)25(26(24)30)27(38)16-4-7-21-22(11-16)37-23(13-36-21)17-2-1-9-35-12-17/h1-13H,14H2. The number of alkyl halides is 3. The molecule has 0 aliphatic rings. The first kappa shape index (κ1) is 26.5. The van der Waals surface area contributed by atoms with Gasteiger partial charge in [0.15, 0.2) is 5.78 Å². The van der Waals surface area contributed by atoms with E-state index >= 15 is 0 Å². The molecule has 5 aromatic rings. The van der Waals surface area contributed by atoms with Gasteiger partial charge < -0.3 is 4.74 Å². The van der Waals surface area contributed by atoms with Crippen LogP contribution < -0.4 is 4.74 Å². The number of pyridine rings is 1. The number of benzene rings is 3. The zero-order valence-electron chi connectivity index (χ0n) is 19.6. The number of carbonyl (C=O) groups excluding carboxylic acids is 1. The molecule has 0 fully saturated rings. The summed E-state index contributed by atoms with van der Waals surface area (Å²) in [5.41, 5.74) is 0.970. The highest BCUT2D eigenvalue weighted by molar-refractivity contribution is 6.36. The smallest absolute Gasteiger partial charge is 0.417 e. The van der Waals surface area contributed by atoms with Crippen LogP contribution in [0.5, 0.6) is 5.75 Å². The molecule has 0 saturated carbocycles. The van der Waals surface area contributed by atoms with Gasteiger partial charge in [-0.05, 0) is 60.2 Å². The predicted octanol–water partition coefficient (Wildman–Crippen LogP) is 7.97. The number of ketones is 1. The monoisotopic (exact) mass is 571 g/mol. The molecule has 0 aliphatic carbocycles. The molecule has 0 unspecified atom stereocenters. The Bertz CT molecular complexity index is 1710. The molecule has 2 heterocycles. The highest BCUT2D eigenvalue weighted by Gasteiger charge is 2.33. The second-order valence-corrected chi connectivity index (χ2v) is 9.15. The number of hydrogen-bond donors (Lipinski definition) is 0. The van der Waals surface area contributed by atoms with Gasteiger partial charge in [-0.25, -0.2) is 9.37 Å². The molecular formula is C28H15Cl2F4N3O2. The van der Waals surface area contributed by atoms with Crippen LogP contribution in [-0.2, 0) is 12.8 Å². The van der Waals surface area contributed by atoms with Crippen LogP contribution in [0.3, 0.4) is 0 Å². The maximum atomic E-state index is 14.8. The van der Waals surface area contributed by atoms with Gasteiger partial charge in [0.05, 0.1) is 44.1 Å². The van der Waals surface area contributed by atoms with Crippen LogP contribution >= 0.6 is 23.2 Å². The molecule has 39 heavy (non-hydrogen) atoms. The molecule has 0 bridgehead atoms. The van der Waals surface area contributed by atoms with E-state index in [0.717, 1.165) is 23.8 Å². The molecule has 0 aliphatic heterocycles. The summed E-state index contributed by atoms with van der Waals surface area (Å²) in [6.45, 7) is -0.331. The lowest BCUT2D eigenvalue weighted by molar-refractivity contribution is -0.137. The second-order valence-electron chi connectivity index (χ2n) is 8.36. The maximum Gasteiger partial charge on any atom is 0.417 e. The summed E-state index contributed by atoms with van der Waals surface area (Å²) in [4.78, 5) is 26.3. The first-order valence-corrected chi connectivity index (χ1v) is 12.1. The third-order valence-corrected chi connectivity index (χ3v) is 6.48. The van der Waals surface area contributed by atoms with Crippen LogP contribution in [0.4, 0.5) is 17.6 Å². The summed E-state index contributed by atoms with van der Waals surface area (Å²) in [5, 5.41) is -0.771. The van der Waals surface area contributed by atoms with Crippen molar-refractivity contribution in [2.24, 2.45) is 0 Å². The minimum Gasteiger partial charge on any atom is -0.487 e. The number of hydrogen-bond acceptors (Lipinski definition) is 5. The van der Waals surface area contributed by atoms with Crippen LogP contribution in [0.15, 0.2) is 79.3 Å². The Hall–Kier alpha value is -4.08. The molecule has 11 heteroatoms. The van der Waals surface area contributed by atoms with Crippen molar-refractivity contribution in [2.75, 3.05) is 0 Å². The number of nitrogens with zero attached hydrogens (tertiary/aromatic N) is 3. The van der Waals surface area contributed by atoms with Crippen molar-refractivity contribution in [1.29, 1.82) is 0 Å². The summed E-state index contributed by atoms with van der Waals surface area (Å²) >= 11 is 12.0. The van der Waals surface area contributed by atoms with Gasteiger partial charge >= 0.3 is 6.18 Å². The van der Waals surface area contributed by atoms with E-state index in [9.17, 15) is 22.4 Å². The van der Waals surface area contributed by atoms with E-state index in [1.54, 1.807) is 30.7 Å². The van der Waals surface area contributed by atoms with Gasteiger partial charge in [0.1, 0.15) is 18.2 Å². The van der Waals surface area contributed by atoms with Crippen molar-refractivity contribution in [2.45, 2.75) is 12.8 Å². The zero-order chi connectivity index (χ0) is 27.7. The van der Waals surface area contributed by atoms with E-state index in [0.29, 0.717) is 16.7 Å². The minimum absolute atomic E-state index is 0.0793. The molecule has 0 radical (unpaired) electrons. The van der Waals surface area contributed by atoms with Crippen molar-refractivity contribution in [3.63, 3.8) is 0 Å². The largest absolute Gasteiger partial charge is 0.487 e. The summed E-state index contributed by atoms with van der Waals surface area (Å²) in [6, 6.07) is 13.6. The first-order valence-electron chi connectivity index (χ1n) is 11.3. The Morgan fingerprint density at radius 3 is 2.51 bits per heavy atom. The van der Waals surface area contributed by atoms with Gasteiger partial charge in [-0.1, -0.05) is 29.3 Å². The van der Waals surface area contributed by atoms with Crippen LogP contribution in [0, 0.1) is 5.82 Å². The molecule has 5 nitrogen and oxygen atoms in total. The summed E-state index contributed by atoms with van der Waals surface area (Å²) in [6.07, 6.45) is 0.180. The lowest BCUT2D eigenvalue weighted by Gasteiger charge is -2.14. The Morgan fingerprint density at radius 1 is 0.949 bits per heavy atom. The average molecular weight is 572 g/mol. The highest BCUT2D eigenvalue weighted by Crippen LogP contribution is 2.36. The number of aromatic nitrogens is 3. The van der Waals surface area contributed by atoms with Gasteiger partial charge in [0, 0.05) is 23.5 Å². The molecule has 0 spiro atoms. The zero-order valence-corrected chi connectivity index (χ0v) is 21.2. The average Bonchev–Trinajstić information content (AvgIpc) is 2.92. The number of rotatable bonds is 6. The predicted molar refractivity (Wildman–Crippen MR) is 138 cm³/mol. The van der Waals surface area contributed by atoms with Gasteiger partial charge in [0.25, 0.3) is 0 Å². The Labute approximate surface area is 229 Å². The molecular weight excluding hydrogens is 557 g/mol. The van der Waals surface area contributed by atoms with E-state index in [4.69, 9.17) is 27.9 Å². The Kier molecular flexibility index (Phi) is 7.20. The second kappa shape index (κ2) is 10.6. The van der Waals surface area contributed by atoms with Crippen molar-refractivity contribution >= 4 is 40.0 Å². The number of fused-ring (bicyclic) bond motifs is 1. The lowest BCUT2D eigenvalue weighted by atomic mass is 10.0. The number of carbonyl (C=O) groups is 1. The molecule has 0 N–H and O–H groups in total. The molecule has 0 amide bonds. The quantitative estimate of drug-likeness (QED) is 0.153. The van der Waals surface area contributed by atoms with E-state index in [1.807, 2.05) is 6.07 Å². The normalized spacial score (nSPS) is 11.5. The Balaban J connectivity index is 1.44. The van der Waals surface area contributed by atoms with Crippen LogP contribution in [-0.4, -0.2) is 20.7 Å². The molecule has 2 aromatic heterocycles. The first-order chi connectivity index (χ1) is 18.6.